The van der Waals surface area contributed by atoms with Crippen LogP contribution >= 0.6 is 0 Å². The van der Waals surface area contributed by atoms with Crippen molar-refractivity contribution in [1.29, 1.82) is 0 Å². The maximum atomic E-state index is 10.2. The van der Waals surface area contributed by atoms with E-state index < -0.39 is 15.6 Å². The number of sulfone groups is 1. The molecule has 0 N–H and O–H groups in total. The summed E-state index contributed by atoms with van der Waals surface area (Å²) < 4.78 is 20.4. The van der Waals surface area contributed by atoms with Gasteiger partial charge >= 0.3 is 0 Å². The van der Waals surface area contributed by atoms with Crippen molar-refractivity contribution in [1.82, 2.24) is 0 Å². The highest BCUT2D eigenvalue weighted by Gasteiger charge is 2.01. The van der Waals surface area contributed by atoms with Crippen LogP contribution in [0.2, 0.25) is 0 Å². The minimum absolute atomic E-state index is 0.587. The van der Waals surface area contributed by atoms with Crippen molar-refractivity contribution in [3.8, 4) is 0 Å². The molecule has 0 saturated heterocycles. The van der Waals surface area contributed by atoms with Crippen LogP contribution in [0.5, 0.6) is 0 Å². The Morgan fingerprint density at radius 1 is 1.62 bits per heavy atom. The second-order valence-electron chi connectivity index (χ2n) is 1.12. The third-order valence-corrected chi connectivity index (χ3v) is 1.54. The van der Waals surface area contributed by atoms with E-state index in [0.29, 0.717) is 0 Å². The maximum Gasteiger partial charge on any atom is 0.214 e. The number of rotatable bonds is 3. The number of hydrogen-bond donors (Lipinski definition) is 0. The molecule has 0 fully saturated rings. The van der Waals surface area contributed by atoms with Crippen molar-refractivity contribution in [3.05, 3.63) is 12.0 Å². The predicted octanol–water partition coefficient (Wildman–Crippen LogP) is -0.346. The molecule has 0 aromatic rings. The second-order valence-corrected chi connectivity index (χ2v) is 3.07. The lowest BCUT2D eigenvalue weighted by Gasteiger charge is -1.82. The zero-order chi connectivity index (χ0) is 6.62. The highest BCUT2D eigenvalue weighted by atomic mass is 32.2. The Hall–Kier alpha value is -0.640. The van der Waals surface area contributed by atoms with Gasteiger partial charge in [-0.15, -0.1) is 0 Å². The molecule has 0 atom stereocenters. The van der Waals surface area contributed by atoms with Gasteiger partial charge in [0.05, 0.1) is 0 Å². The SMILES string of the molecule is C=CS(=O)(=O)C[C]=O. The monoisotopic (exact) mass is 133 g/mol. The Morgan fingerprint density at radius 3 is 2.25 bits per heavy atom. The molecular weight excluding hydrogens is 128 g/mol. The summed E-state index contributed by atoms with van der Waals surface area (Å²) in [5.74, 6) is -0.587. The van der Waals surface area contributed by atoms with E-state index in [9.17, 15) is 13.2 Å². The first-order valence-corrected chi connectivity index (χ1v) is 3.54. The first-order valence-electron chi connectivity index (χ1n) is 1.82. The van der Waals surface area contributed by atoms with Crippen LogP contribution in [0.3, 0.4) is 0 Å². The van der Waals surface area contributed by atoms with Crippen LogP contribution in [-0.2, 0) is 14.6 Å². The molecule has 0 spiro atoms. The first-order chi connectivity index (χ1) is 3.62. The van der Waals surface area contributed by atoms with E-state index >= 15 is 0 Å². The summed E-state index contributed by atoms with van der Waals surface area (Å²) in [6, 6.07) is 0. The summed E-state index contributed by atoms with van der Waals surface area (Å²) in [5, 5.41) is 0.734. The van der Waals surface area contributed by atoms with E-state index in [-0.39, 0.29) is 0 Å². The summed E-state index contributed by atoms with van der Waals surface area (Å²) in [4.78, 5) is 9.43. The van der Waals surface area contributed by atoms with Gasteiger partial charge in [0.15, 0.2) is 9.84 Å². The second kappa shape index (κ2) is 2.61. The molecule has 0 amide bonds. The van der Waals surface area contributed by atoms with Crippen molar-refractivity contribution >= 4 is 16.1 Å². The smallest absolute Gasteiger partial charge is 0.214 e. The fourth-order valence-electron chi connectivity index (χ4n) is 0.141. The third-order valence-electron chi connectivity index (χ3n) is 0.514. The Balaban J connectivity index is 4.15. The molecule has 0 unspecified atom stereocenters. The molecule has 0 aromatic carbocycles. The fourth-order valence-corrected chi connectivity index (χ4v) is 0.423. The molecule has 0 saturated carbocycles. The summed E-state index contributed by atoms with van der Waals surface area (Å²) in [6.07, 6.45) is 1.25. The number of hydrogen-bond acceptors (Lipinski definition) is 3. The van der Waals surface area contributed by atoms with Crippen LogP contribution in [0, 0.1) is 0 Å². The summed E-state index contributed by atoms with van der Waals surface area (Å²) in [6.45, 7) is 2.98. The van der Waals surface area contributed by atoms with Crippen molar-refractivity contribution in [2.24, 2.45) is 0 Å². The quantitative estimate of drug-likeness (QED) is 0.529. The van der Waals surface area contributed by atoms with E-state index in [2.05, 4.69) is 6.58 Å². The Morgan fingerprint density at radius 2 is 2.12 bits per heavy atom. The summed E-state index contributed by atoms with van der Waals surface area (Å²) in [5.41, 5.74) is 0. The van der Waals surface area contributed by atoms with Gasteiger partial charge in [-0.3, -0.25) is 4.79 Å². The van der Waals surface area contributed by atoms with Crippen molar-refractivity contribution in [2.75, 3.05) is 5.75 Å². The van der Waals surface area contributed by atoms with E-state index in [1.165, 1.54) is 6.29 Å². The van der Waals surface area contributed by atoms with Gasteiger partial charge in [-0.05, 0) is 0 Å². The topological polar surface area (TPSA) is 51.2 Å². The Labute approximate surface area is 47.9 Å². The van der Waals surface area contributed by atoms with Gasteiger partial charge in [0, 0.05) is 5.41 Å². The highest BCUT2D eigenvalue weighted by molar-refractivity contribution is 7.94. The fraction of sp³-hybridized carbons (Fsp3) is 0.250. The van der Waals surface area contributed by atoms with E-state index in [1.54, 1.807) is 0 Å². The molecule has 0 aliphatic rings. The zero-order valence-corrected chi connectivity index (χ0v) is 4.94. The van der Waals surface area contributed by atoms with Crippen molar-refractivity contribution in [2.45, 2.75) is 0 Å². The lowest BCUT2D eigenvalue weighted by atomic mass is 10.9. The van der Waals surface area contributed by atoms with Gasteiger partial charge in [-0.2, -0.15) is 0 Å². The normalized spacial score (nSPS) is 10.5. The Kier molecular flexibility index (Phi) is 2.41. The molecule has 0 aromatic heterocycles. The molecule has 1 radical (unpaired) electrons. The highest BCUT2D eigenvalue weighted by Crippen LogP contribution is 1.84. The number of carbonyl (C=O) groups excluding carboxylic acids is 1. The lowest BCUT2D eigenvalue weighted by molar-refractivity contribution is 0.558. The average molecular weight is 133 g/mol. The van der Waals surface area contributed by atoms with E-state index in [0.717, 1.165) is 5.41 Å². The molecule has 0 aliphatic carbocycles. The van der Waals surface area contributed by atoms with E-state index in [4.69, 9.17) is 0 Å². The molecule has 4 heteroatoms. The van der Waals surface area contributed by atoms with Crippen LogP contribution in [0.1, 0.15) is 0 Å². The largest absolute Gasteiger partial charge is 0.290 e. The van der Waals surface area contributed by atoms with Gasteiger partial charge in [0.1, 0.15) is 5.75 Å². The maximum absolute atomic E-state index is 10.2. The van der Waals surface area contributed by atoms with Crippen LogP contribution in [0.25, 0.3) is 0 Å². The predicted molar refractivity (Wildman–Crippen MR) is 29.7 cm³/mol. The molecule has 8 heavy (non-hydrogen) atoms. The van der Waals surface area contributed by atoms with E-state index in [1.807, 2.05) is 0 Å². The standard InChI is InChI=1S/C4H5O3S/c1-2-8(6,7)4-3-5/h2H,1,4H2. The van der Waals surface area contributed by atoms with Crippen LogP contribution in [0.15, 0.2) is 12.0 Å². The minimum atomic E-state index is -3.33. The first kappa shape index (κ1) is 7.36. The van der Waals surface area contributed by atoms with Crippen molar-refractivity contribution < 1.29 is 13.2 Å². The minimum Gasteiger partial charge on any atom is -0.290 e. The Bertz CT molecular complexity index is 177. The lowest BCUT2D eigenvalue weighted by Crippen LogP contribution is -2.01. The van der Waals surface area contributed by atoms with Crippen LogP contribution < -0.4 is 0 Å². The molecule has 0 rings (SSSR count). The zero-order valence-electron chi connectivity index (χ0n) is 4.12. The van der Waals surface area contributed by atoms with Crippen LogP contribution in [-0.4, -0.2) is 20.5 Å². The molecular formula is C4H5O3S. The van der Waals surface area contributed by atoms with Gasteiger partial charge in [-0.1, -0.05) is 6.58 Å². The van der Waals surface area contributed by atoms with Gasteiger partial charge in [-0.25, -0.2) is 8.42 Å². The molecule has 45 valence electrons. The van der Waals surface area contributed by atoms with Gasteiger partial charge in [0.2, 0.25) is 6.29 Å². The van der Waals surface area contributed by atoms with Crippen molar-refractivity contribution in [3.63, 3.8) is 0 Å². The average Bonchev–Trinajstić information content (AvgIpc) is 1.67. The van der Waals surface area contributed by atoms with Gasteiger partial charge in [0.25, 0.3) is 0 Å². The molecule has 0 aliphatic heterocycles. The molecule has 0 bridgehead atoms. The molecule has 0 heterocycles. The molecule has 3 nitrogen and oxygen atoms in total. The summed E-state index contributed by atoms with van der Waals surface area (Å²) in [7, 11) is -3.33. The third kappa shape index (κ3) is 2.52. The van der Waals surface area contributed by atoms with Gasteiger partial charge < -0.3 is 0 Å². The van der Waals surface area contributed by atoms with Crippen LogP contribution in [0.4, 0.5) is 0 Å². The summed E-state index contributed by atoms with van der Waals surface area (Å²) >= 11 is 0.